The summed E-state index contributed by atoms with van der Waals surface area (Å²) >= 11 is 6.12. The van der Waals surface area contributed by atoms with Crippen molar-refractivity contribution in [3.8, 4) is 0 Å². The van der Waals surface area contributed by atoms with Crippen molar-refractivity contribution in [1.29, 1.82) is 0 Å². The summed E-state index contributed by atoms with van der Waals surface area (Å²) in [5.74, 6) is -0.189. The molecule has 0 saturated heterocycles. The second-order valence-corrected chi connectivity index (χ2v) is 5.63. The van der Waals surface area contributed by atoms with E-state index >= 15 is 0 Å². The first kappa shape index (κ1) is 10.7. The molecular weight excluding hydrogens is 298 g/mol. The number of nitrogens with one attached hydrogen (secondary N) is 1. The number of hydrogen-bond donors (Lipinski definition) is 1. The number of carbonyl (C=O) groups excluding carboxylic acids is 1. The Labute approximate surface area is 103 Å². The molecule has 7 heteroatoms. The molecule has 4 nitrogen and oxygen atoms in total. The molecule has 2 rings (SSSR count). The van der Waals surface area contributed by atoms with E-state index in [0.29, 0.717) is 12.2 Å². The van der Waals surface area contributed by atoms with E-state index in [2.05, 4.69) is 30.8 Å². The SMILES string of the molecule is O=C(NCc1csc(Br)c1)c1csnn1. The first-order chi connectivity index (χ1) is 7.25. The summed E-state index contributed by atoms with van der Waals surface area (Å²) in [4.78, 5) is 11.5. The third-order valence-corrected chi connectivity index (χ3v) is 3.73. The number of carbonyl (C=O) groups is 1. The van der Waals surface area contributed by atoms with Gasteiger partial charge in [0.25, 0.3) is 5.91 Å². The van der Waals surface area contributed by atoms with Crippen LogP contribution in [0.1, 0.15) is 16.1 Å². The molecule has 0 saturated carbocycles. The molecule has 0 bridgehead atoms. The van der Waals surface area contributed by atoms with Crippen molar-refractivity contribution in [3.63, 3.8) is 0 Å². The third-order valence-electron chi connectivity index (χ3n) is 1.67. The first-order valence-electron chi connectivity index (χ1n) is 4.04. The predicted octanol–water partition coefficient (Wildman–Crippen LogP) is 2.29. The van der Waals surface area contributed by atoms with Gasteiger partial charge in [0.05, 0.1) is 3.79 Å². The van der Waals surface area contributed by atoms with Crippen LogP contribution < -0.4 is 5.32 Å². The highest BCUT2D eigenvalue weighted by Gasteiger charge is 2.08. The molecule has 0 radical (unpaired) electrons. The highest BCUT2D eigenvalue weighted by molar-refractivity contribution is 9.11. The smallest absolute Gasteiger partial charge is 0.273 e. The van der Waals surface area contributed by atoms with Crippen LogP contribution in [-0.4, -0.2) is 15.5 Å². The quantitative estimate of drug-likeness (QED) is 0.946. The van der Waals surface area contributed by atoms with Gasteiger partial charge in [-0.15, -0.1) is 16.4 Å². The zero-order chi connectivity index (χ0) is 10.7. The molecule has 2 heterocycles. The van der Waals surface area contributed by atoms with Crippen LogP contribution in [0.4, 0.5) is 0 Å². The Kier molecular flexibility index (Phi) is 3.45. The van der Waals surface area contributed by atoms with Gasteiger partial charge in [-0.2, -0.15) is 0 Å². The number of hydrogen-bond acceptors (Lipinski definition) is 5. The Balaban J connectivity index is 1.91. The van der Waals surface area contributed by atoms with Crippen LogP contribution in [0.2, 0.25) is 0 Å². The van der Waals surface area contributed by atoms with E-state index in [0.717, 1.165) is 9.35 Å². The van der Waals surface area contributed by atoms with Gasteiger partial charge >= 0.3 is 0 Å². The molecule has 1 amide bonds. The first-order valence-corrected chi connectivity index (χ1v) is 6.55. The highest BCUT2D eigenvalue weighted by Crippen LogP contribution is 2.20. The summed E-state index contributed by atoms with van der Waals surface area (Å²) < 4.78 is 4.69. The number of thiophene rings is 1. The number of aromatic nitrogens is 2. The minimum absolute atomic E-state index is 0.189. The van der Waals surface area contributed by atoms with Crippen molar-refractivity contribution in [3.05, 3.63) is 31.9 Å². The molecule has 0 spiro atoms. The number of nitrogens with zero attached hydrogens (tertiary/aromatic N) is 2. The molecule has 2 aromatic heterocycles. The zero-order valence-corrected chi connectivity index (χ0v) is 10.7. The molecule has 0 aliphatic rings. The Morgan fingerprint density at radius 3 is 3.00 bits per heavy atom. The molecule has 78 valence electrons. The maximum atomic E-state index is 11.5. The van der Waals surface area contributed by atoms with Crippen molar-refractivity contribution in [2.24, 2.45) is 0 Å². The van der Waals surface area contributed by atoms with Gasteiger partial charge in [0.1, 0.15) is 0 Å². The Morgan fingerprint density at radius 2 is 2.40 bits per heavy atom. The van der Waals surface area contributed by atoms with Crippen LogP contribution in [0, 0.1) is 0 Å². The average molecular weight is 304 g/mol. The van der Waals surface area contributed by atoms with Crippen molar-refractivity contribution in [2.75, 3.05) is 0 Å². The van der Waals surface area contributed by atoms with E-state index in [1.807, 2.05) is 11.4 Å². The largest absolute Gasteiger partial charge is 0.347 e. The fourth-order valence-electron chi connectivity index (χ4n) is 0.975. The van der Waals surface area contributed by atoms with Gasteiger partial charge in [-0.3, -0.25) is 4.79 Å². The predicted molar refractivity (Wildman–Crippen MR) is 63.1 cm³/mol. The second-order valence-electron chi connectivity index (χ2n) is 2.73. The van der Waals surface area contributed by atoms with Gasteiger partial charge in [0.2, 0.25) is 0 Å². The summed E-state index contributed by atoms with van der Waals surface area (Å²) in [5, 5.41) is 10.1. The Hall–Kier alpha value is -0.790. The summed E-state index contributed by atoms with van der Waals surface area (Å²) in [6.07, 6.45) is 0. The average Bonchev–Trinajstić information content (AvgIpc) is 2.84. The van der Waals surface area contributed by atoms with Crippen molar-refractivity contribution in [2.45, 2.75) is 6.54 Å². The minimum Gasteiger partial charge on any atom is -0.347 e. The van der Waals surface area contributed by atoms with E-state index in [4.69, 9.17) is 0 Å². The van der Waals surface area contributed by atoms with Crippen LogP contribution >= 0.6 is 38.8 Å². The van der Waals surface area contributed by atoms with E-state index in [1.54, 1.807) is 16.7 Å². The van der Waals surface area contributed by atoms with Gasteiger partial charge in [-0.1, -0.05) is 4.49 Å². The lowest BCUT2D eigenvalue weighted by molar-refractivity contribution is 0.0946. The standard InChI is InChI=1S/C8H6BrN3OS2/c9-7-1-5(3-14-7)2-10-8(13)6-4-15-12-11-6/h1,3-4H,2H2,(H,10,13). The molecule has 2 aromatic rings. The lowest BCUT2D eigenvalue weighted by Crippen LogP contribution is -2.22. The molecule has 0 atom stereocenters. The molecule has 1 N–H and O–H groups in total. The van der Waals surface area contributed by atoms with Gasteiger partial charge < -0.3 is 5.32 Å². The highest BCUT2D eigenvalue weighted by atomic mass is 79.9. The van der Waals surface area contributed by atoms with Crippen molar-refractivity contribution < 1.29 is 4.79 Å². The molecule has 15 heavy (non-hydrogen) atoms. The fourth-order valence-corrected chi connectivity index (χ4v) is 2.62. The van der Waals surface area contributed by atoms with E-state index < -0.39 is 0 Å². The van der Waals surface area contributed by atoms with Gasteiger partial charge in [0, 0.05) is 11.9 Å². The van der Waals surface area contributed by atoms with Crippen LogP contribution in [0.5, 0.6) is 0 Å². The Bertz CT molecular complexity index is 454. The topological polar surface area (TPSA) is 54.9 Å². The van der Waals surface area contributed by atoms with Crippen molar-refractivity contribution >= 4 is 44.7 Å². The maximum Gasteiger partial charge on any atom is 0.273 e. The van der Waals surface area contributed by atoms with Crippen LogP contribution in [-0.2, 0) is 6.54 Å². The zero-order valence-electron chi connectivity index (χ0n) is 7.44. The Morgan fingerprint density at radius 1 is 1.53 bits per heavy atom. The minimum atomic E-state index is -0.189. The van der Waals surface area contributed by atoms with Gasteiger partial charge in [0.15, 0.2) is 5.69 Å². The van der Waals surface area contributed by atoms with Crippen LogP contribution in [0.25, 0.3) is 0 Å². The summed E-state index contributed by atoms with van der Waals surface area (Å²) in [6.45, 7) is 0.512. The number of amides is 1. The fraction of sp³-hybridized carbons (Fsp3) is 0.125. The van der Waals surface area contributed by atoms with Crippen LogP contribution in [0.3, 0.4) is 0 Å². The van der Waals surface area contributed by atoms with Crippen LogP contribution in [0.15, 0.2) is 20.6 Å². The molecular formula is C8H6BrN3OS2. The van der Waals surface area contributed by atoms with Gasteiger partial charge in [-0.25, -0.2) is 0 Å². The van der Waals surface area contributed by atoms with Gasteiger partial charge in [-0.05, 0) is 44.5 Å². The summed E-state index contributed by atoms with van der Waals surface area (Å²) in [6, 6.07) is 1.98. The maximum absolute atomic E-state index is 11.5. The normalized spacial score (nSPS) is 10.2. The molecule has 0 unspecified atom stereocenters. The summed E-state index contributed by atoms with van der Waals surface area (Å²) in [5.41, 5.74) is 1.44. The number of rotatable bonds is 3. The molecule has 0 aliphatic heterocycles. The van der Waals surface area contributed by atoms with E-state index in [1.165, 1.54) is 11.5 Å². The molecule has 0 aromatic carbocycles. The summed E-state index contributed by atoms with van der Waals surface area (Å²) in [7, 11) is 0. The lowest BCUT2D eigenvalue weighted by Gasteiger charge is -1.99. The lowest BCUT2D eigenvalue weighted by atomic mass is 10.3. The number of halogens is 1. The molecule has 0 aliphatic carbocycles. The van der Waals surface area contributed by atoms with E-state index in [-0.39, 0.29) is 5.91 Å². The van der Waals surface area contributed by atoms with Crippen molar-refractivity contribution in [1.82, 2.24) is 14.9 Å². The van der Waals surface area contributed by atoms with E-state index in [9.17, 15) is 4.79 Å². The molecule has 0 fully saturated rings. The monoisotopic (exact) mass is 303 g/mol. The second kappa shape index (κ2) is 4.82. The third kappa shape index (κ3) is 2.83.